The lowest BCUT2D eigenvalue weighted by molar-refractivity contribution is -0.104. The predicted octanol–water partition coefficient (Wildman–Crippen LogP) is 1.73. The summed E-state index contributed by atoms with van der Waals surface area (Å²) in [5.41, 5.74) is 3.81. The molecular formula is C7H8F3NO2. The van der Waals surface area contributed by atoms with Crippen molar-refractivity contribution >= 4 is 6.09 Å². The number of carbonyl (C=O) groups excluding carboxylic acids is 1. The molecule has 0 aromatic rings. The Morgan fingerprint density at radius 3 is 2.69 bits per heavy atom. The Morgan fingerprint density at radius 2 is 2.23 bits per heavy atom. The van der Waals surface area contributed by atoms with Gasteiger partial charge in [0.05, 0.1) is 5.57 Å². The SMILES string of the molecule is NC(=O)OC1CCC=C1C(F)(F)F. The largest absolute Gasteiger partial charge is 0.442 e. The van der Waals surface area contributed by atoms with Gasteiger partial charge in [-0.15, -0.1) is 0 Å². The van der Waals surface area contributed by atoms with E-state index in [1.54, 1.807) is 0 Å². The van der Waals surface area contributed by atoms with E-state index in [1.165, 1.54) is 0 Å². The minimum atomic E-state index is -4.43. The number of ether oxygens (including phenoxy) is 1. The molecule has 0 aromatic heterocycles. The summed E-state index contributed by atoms with van der Waals surface area (Å²) in [6.07, 6.45) is -5.41. The molecule has 1 aliphatic carbocycles. The first-order valence-corrected chi connectivity index (χ1v) is 3.64. The molecule has 1 amide bonds. The zero-order valence-corrected chi connectivity index (χ0v) is 6.60. The molecule has 0 saturated carbocycles. The Hall–Kier alpha value is -1.20. The van der Waals surface area contributed by atoms with Crippen LogP contribution in [0.1, 0.15) is 12.8 Å². The Kier molecular flexibility index (Phi) is 2.49. The van der Waals surface area contributed by atoms with Gasteiger partial charge in [0.15, 0.2) is 0 Å². The summed E-state index contributed by atoms with van der Waals surface area (Å²) in [6.45, 7) is 0. The van der Waals surface area contributed by atoms with E-state index in [4.69, 9.17) is 0 Å². The lowest BCUT2D eigenvalue weighted by Crippen LogP contribution is -2.28. The van der Waals surface area contributed by atoms with Crippen molar-refractivity contribution in [2.24, 2.45) is 5.73 Å². The summed E-state index contributed by atoms with van der Waals surface area (Å²) in [4.78, 5) is 10.2. The molecule has 1 rings (SSSR count). The molecule has 0 spiro atoms. The second kappa shape index (κ2) is 3.27. The Balaban J connectivity index is 2.69. The van der Waals surface area contributed by atoms with Crippen LogP contribution in [0, 0.1) is 0 Å². The highest BCUT2D eigenvalue weighted by molar-refractivity contribution is 5.65. The molecule has 0 saturated heterocycles. The quantitative estimate of drug-likeness (QED) is 0.648. The van der Waals surface area contributed by atoms with E-state index in [9.17, 15) is 18.0 Å². The highest BCUT2D eigenvalue weighted by Gasteiger charge is 2.42. The molecule has 0 fully saturated rings. The molecule has 0 aliphatic heterocycles. The molecule has 0 heterocycles. The third-order valence-electron chi connectivity index (χ3n) is 1.73. The van der Waals surface area contributed by atoms with Crippen LogP contribution in [-0.4, -0.2) is 18.4 Å². The summed E-state index contributed by atoms with van der Waals surface area (Å²) in [7, 11) is 0. The second-order valence-electron chi connectivity index (χ2n) is 2.66. The number of primary amides is 1. The maximum atomic E-state index is 12.2. The Bertz CT molecular complexity index is 247. The molecular weight excluding hydrogens is 187 g/mol. The van der Waals surface area contributed by atoms with Gasteiger partial charge in [0.25, 0.3) is 0 Å². The third-order valence-corrected chi connectivity index (χ3v) is 1.73. The predicted molar refractivity (Wildman–Crippen MR) is 37.8 cm³/mol. The van der Waals surface area contributed by atoms with Crippen molar-refractivity contribution in [1.29, 1.82) is 0 Å². The number of carbonyl (C=O) groups is 1. The van der Waals surface area contributed by atoms with Crippen LogP contribution in [0.5, 0.6) is 0 Å². The first-order valence-electron chi connectivity index (χ1n) is 3.64. The van der Waals surface area contributed by atoms with Crippen LogP contribution in [0.3, 0.4) is 0 Å². The number of nitrogens with two attached hydrogens (primary N) is 1. The van der Waals surface area contributed by atoms with Gasteiger partial charge in [0.2, 0.25) is 0 Å². The fraction of sp³-hybridized carbons (Fsp3) is 0.571. The molecule has 1 atom stereocenters. The van der Waals surface area contributed by atoms with E-state index in [0.29, 0.717) is 0 Å². The number of amides is 1. The average molecular weight is 195 g/mol. The van der Waals surface area contributed by atoms with Crippen LogP contribution in [-0.2, 0) is 4.74 Å². The molecule has 0 aromatic carbocycles. The Labute approximate surface area is 72.3 Å². The fourth-order valence-electron chi connectivity index (χ4n) is 1.24. The van der Waals surface area contributed by atoms with Crippen molar-refractivity contribution in [3.8, 4) is 0 Å². The summed E-state index contributed by atoms with van der Waals surface area (Å²) in [5, 5.41) is 0. The van der Waals surface area contributed by atoms with E-state index in [1.807, 2.05) is 0 Å². The molecule has 13 heavy (non-hydrogen) atoms. The normalized spacial score (nSPS) is 22.7. The van der Waals surface area contributed by atoms with E-state index >= 15 is 0 Å². The fourth-order valence-corrected chi connectivity index (χ4v) is 1.24. The molecule has 6 heteroatoms. The standard InChI is InChI=1S/C7H8F3NO2/c8-7(9,10)4-2-1-3-5(4)13-6(11)12/h2,5H,1,3H2,(H2,11,12). The average Bonchev–Trinajstić information content (AvgIpc) is 2.31. The molecule has 0 radical (unpaired) electrons. The van der Waals surface area contributed by atoms with Crippen LogP contribution in [0.25, 0.3) is 0 Å². The highest BCUT2D eigenvalue weighted by atomic mass is 19.4. The van der Waals surface area contributed by atoms with Gasteiger partial charge in [0, 0.05) is 0 Å². The number of hydrogen-bond acceptors (Lipinski definition) is 2. The topological polar surface area (TPSA) is 52.3 Å². The van der Waals surface area contributed by atoms with Crippen LogP contribution < -0.4 is 5.73 Å². The lowest BCUT2D eigenvalue weighted by atomic mass is 10.2. The maximum Gasteiger partial charge on any atom is 0.415 e. The van der Waals surface area contributed by atoms with E-state index < -0.39 is 23.9 Å². The van der Waals surface area contributed by atoms with Crippen molar-refractivity contribution in [2.45, 2.75) is 25.1 Å². The van der Waals surface area contributed by atoms with E-state index in [-0.39, 0.29) is 12.8 Å². The monoisotopic (exact) mass is 195 g/mol. The van der Waals surface area contributed by atoms with Gasteiger partial charge in [-0.2, -0.15) is 13.2 Å². The van der Waals surface area contributed by atoms with Gasteiger partial charge in [-0.1, -0.05) is 6.08 Å². The van der Waals surface area contributed by atoms with E-state index in [2.05, 4.69) is 10.5 Å². The highest BCUT2D eigenvalue weighted by Crippen LogP contribution is 2.35. The van der Waals surface area contributed by atoms with Crippen molar-refractivity contribution in [2.75, 3.05) is 0 Å². The van der Waals surface area contributed by atoms with Crippen LogP contribution in [0.15, 0.2) is 11.6 Å². The summed E-state index contributed by atoms with van der Waals surface area (Å²) in [6, 6.07) is 0. The van der Waals surface area contributed by atoms with Gasteiger partial charge in [0.1, 0.15) is 6.10 Å². The van der Waals surface area contributed by atoms with Crippen LogP contribution >= 0.6 is 0 Å². The van der Waals surface area contributed by atoms with Gasteiger partial charge >= 0.3 is 12.3 Å². The molecule has 1 aliphatic rings. The second-order valence-corrected chi connectivity index (χ2v) is 2.66. The summed E-state index contributed by atoms with van der Waals surface area (Å²) < 4.78 is 40.8. The zero-order chi connectivity index (χ0) is 10.1. The molecule has 0 bridgehead atoms. The van der Waals surface area contributed by atoms with Crippen molar-refractivity contribution in [3.63, 3.8) is 0 Å². The maximum absolute atomic E-state index is 12.2. The third kappa shape index (κ3) is 2.37. The minimum Gasteiger partial charge on any atom is -0.442 e. The molecule has 2 N–H and O–H groups in total. The summed E-state index contributed by atoms with van der Waals surface area (Å²) >= 11 is 0. The van der Waals surface area contributed by atoms with Gasteiger partial charge in [-0.3, -0.25) is 0 Å². The molecule has 3 nitrogen and oxygen atoms in total. The van der Waals surface area contributed by atoms with Crippen molar-refractivity contribution in [3.05, 3.63) is 11.6 Å². The molecule has 74 valence electrons. The van der Waals surface area contributed by atoms with Crippen molar-refractivity contribution in [1.82, 2.24) is 0 Å². The Morgan fingerprint density at radius 1 is 1.62 bits per heavy atom. The van der Waals surface area contributed by atoms with Crippen LogP contribution in [0.4, 0.5) is 18.0 Å². The smallest absolute Gasteiger partial charge is 0.415 e. The van der Waals surface area contributed by atoms with Gasteiger partial charge < -0.3 is 10.5 Å². The number of allylic oxidation sites excluding steroid dienone is 1. The lowest BCUT2D eigenvalue weighted by Gasteiger charge is -2.16. The molecule has 1 unspecified atom stereocenters. The van der Waals surface area contributed by atoms with E-state index in [0.717, 1.165) is 6.08 Å². The first-order chi connectivity index (χ1) is 5.91. The first kappa shape index (κ1) is 9.88. The van der Waals surface area contributed by atoms with Crippen LogP contribution in [0.2, 0.25) is 0 Å². The zero-order valence-electron chi connectivity index (χ0n) is 6.60. The van der Waals surface area contributed by atoms with Gasteiger partial charge in [-0.05, 0) is 12.8 Å². The number of alkyl halides is 3. The summed E-state index contributed by atoms with van der Waals surface area (Å²) in [5.74, 6) is 0. The number of hydrogen-bond donors (Lipinski definition) is 1. The number of rotatable bonds is 1. The minimum absolute atomic E-state index is 0.151. The number of halogens is 3. The van der Waals surface area contributed by atoms with Gasteiger partial charge in [-0.25, -0.2) is 4.79 Å². The van der Waals surface area contributed by atoms with Crippen molar-refractivity contribution < 1.29 is 22.7 Å².